The van der Waals surface area contributed by atoms with Gasteiger partial charge in [0.25, 0.3) is 0 Å². The Morgan fingerprint density at radius 3 is 2.63 bits per heavy atom. The van der Waals surface area contributed by atoms with E-state index in [1.807, 2.05) is 0 Å². The number of hydrogen-bond donors (Lipinski definition) is 0. The second kappa shape index (κ2) is 4.87. The first-order valence-corrected chi connectivity index (χ1v) is 5.44. The van der Waals surface area contributed by atoms with Crippen molar-refractivity contribution in [3.8, 4) is 5.88 Å². The highest BCUT2D eigenvalue weighted by atomic mass is 19.4. The molecule has 0 atom stereocenters. The molecule has 2 aromatic rings. The normalized spacial score (nSPS) is 11.6. The lowest BCUT2D eigenvalue weighted by atomic mass is 10.1. The van der Waals surface area contributed by atoms with Gasteiger partial charge in [-0.3, -0.25) is 4.79 Å². The molecule has 0 aliphatic carbocycles. The van der Waals surface area contributed by atoms with Crippen LogP contribution in [0.3, 0.4) is 0 Å². The van der Waals surface area contributed by atoms with Gasteiger partial charge >= 0.3 is 6.18 Å². The van der Waals surface area contributed by atoms with E-state index in [1.165, 1.54) is 13.2 Å². The Morgan fingerprint density at radius 2 is 2.00 bits per heavy atom. The van der Waals surface area contributed by atoms with Crippen LogP contribution in [0, 0.1) is 0 Å². The number of fused-ring (bicyclic) bond motifs is 1. The van der Waals surface area contributed by atoms with Gasteiger partial charge in [0.1, 0.15) is 0 Å². The maximum absolute atomic E-state index is 12.3. The summed E-state index contributed by atoms with van der Waals surface area (Å²) in [6.45, 7) is 0. The largest absolute Gasteiger partial charge is 0.481 e. The Labute approximate surface area is 107 Å². The number of para-hydroxylation sites is 1. The zero-order valence-corrected chi connectivity index (χ0v) is 9.99. The highest BCUT2D eigenvalue weighted by Crippen LogP contribution is 2.25. The van der Waals surface area contributed by atoms with Crippen molar-refractivity contribution in [3.05, 3.63) is 35.9 Å². The number of halogens is 3. The Bertz CT molecular complexity index is 623. The van der Waals surface area contributed by atoms with Gasteiger partial charge in [0.2, 0.25) is 11.7 Å². The summed E-state index contributed by atoms with van der Waals surface area (Å²) in [6, 6.07) is 8.42. The van der Waals surface area contributed by atoms with Gasteiger partial charge in [-0.25, -0.2) is 4.98 Å². The smallest absolute Gasteiger partial charge is 0.450 e. The standard InChI is InChI=1S/C13H10F3NO2/c1-19-12-9(7-11(18)13(14,15)16)6-8-4-2-3-5-10(8)17-12/h2-6H,7H2,1H3. The molecule has 0 aliphatic rings. The lowest BCUT2D eigenvalue weighted by Gasteiger charge is -2.10. The summed E-state index contributed by atoms with van der Waals surface area (Å²) in [6.07, 6.45) is -5.62. The molecule has 0 saturated carbocycles. The highest BCUT2D eigenvalue weighted by Gasteiger charge is 2.38. The third-order valence-electron chi connectivity index (χ3n) is 2.62. The maximum Gasteiger partial charge on any atom is 0.450 e. The van der Waals surface area contributed by atoms with Crippen LogP contribution in [0.15, 0.2) is 30.3 Å². The van der Waals surface area contributed by atoms with E-state index < -0.39 is 18.4 Å². The summed E-state index contributed by atoms with van der Waals surface area (Å²) in [7, 11) is 1.30. The van der Waals surface area contributed by atoms with Gasteiger partial charge in [0, 0.05) is 17.4 Å². The van der Waals surface area contributed by atoms with Gasteiger partial charge < -0.3 is 4.74 Å². The number of aromatic nitrogens is 1. The first-order chi connectivity index (χ1) is 8.91. The fourth-order valence-electron chi connectivity index (χ4n) is 1.72. The number of alkyl halides is 3. The van der Waals surface area contributed by atoms with Crippen LogP contribution in [-0.4, -0.2) is 24.1 Å². The molecule has 0 radical (unpaired) electrons. The Morgan fingerprint density at radius 1 is 1.32 bits per heavy atom. The molecule has 0 N–H and O–H groups in total. The van der Waals surface area contributed by atoms with E-state index >= 15 is 0 Å². The average molecular weight is 269 g/mol. The molecule has 3 nitrogen and oxygen atoms in total. The van der Waals surface area contributed by atoms with Gasteiger partial charge in [-0.1, -0.05) is 18.2 Å². The second-order valence-corrected chi connectivity index (χ2v) is 3.95. The number of rotatable bonds is 3. The van der Waals surface area contributed by atoms with Crippen molar-refractivity contribution in [1.82, 2.24) is 4.98 Å². The fraction of sp³-hybridized carbons (Fsp3) is 0.231. The lowest BCUT2D eigenvalue weighted by molar-refractivity contribution is -0.170. The summed E-state index contributed by atoms with van der Waals surface area (Å²) in [5.41, 5.74) is 0.728. The number of ketones is 1. The molecule has 100 valence electrons. The summed E-state index contributed by atoms with van der Waals surface area (Å²) < 4.78 is 41.8. The van der Waals surface area contributed by atoms with Crippen LogP contribution in [0.2, 0.25) is 0 Å². The van der Waals surface area contributed by atoms with Crippen molar-refractivity contribution < 1.29 is 22.7 Å². The number of ether oxygens (including phenoxy) is 1. The molecule has 0 bridgehead atoms. The van der Waals surface area contributed by atoms with Crippen molar-refractivity contribution in [2.45, 2.75) is 12.6 Å². The van der Waals surface area contributed by atoms with Crippen molar-refractivity contribution in [3.63, 3.8) is 0 Å². The van der Waals surface area contributed by atoms with Crippen LogP contribution >= 0.6 is 0 Å². The summed E-state index contributed by atoms with van der Waals surface area (Å²) >= 11 is 0. The van der Waals surface area contributed by atoms with E-state index in [1.54, 1.807) is 24.3 Å². The van der Waals surface area contributed by atoms with Crippen molar-refractivity contribution >= 4 is 16.7 Å². The van der Waals surface area contributed by atoms with Crippen LogP contribution in [-0.2, 0) is 11.2 Å². The molecule has 2 rings (SSSR count). The molecular weight excluding hydrogens is 259 g/mol. The molecule has 0 spiro atoms. The number of benzene rings is 1. The average Bonchev–Trinajstić information content (AvgIpc) is 2.36. The monoisotopic (exact) mass is 269 g/mol. The quantitative estimate of drug-likeness (QED) is 0.860. The SMILES string of the molecule is COc1nc2ccccc2cc1CC(=O)C(F)(F)F. The molecule has 0 amide bonds. The number of carbonyl (C=O) groups is 1. The summed E-state index contributed by atoms with van der Waals surface area (Å²) in [5, 5.41) is 0.660. The first kappa shape index (κ1) is 13.3. The second-order valence-electron chi connectivity index (χ2n) is 3.95. The van der Waals surface area contributed by atoms with Crippen LogP contribution in [0.1, 0.15) is 5.56 Å². The van der Waals surface area contributed by atoms with Gasteiger partial charge in [-0.05, 0) is 12.1 Å². The number of hydrogen-bond acceptors (Lipinski definition) is 3. The van der Waals surface area contributed by atoms with Gasteiger partial charge in [-0.2, -0.15) is 13.2 Å². The maximum atomic E-state index is 12.3. The Hall–Kier alpha value is -2.11. The van der Waals surface area contributed by atoms with E-state index in [-0.39, 0.29) is 11.4 Å². The topological polar surface area (TPSA) is 39.2 Å². The van der Waals surface area contributed by atoms with Crippen molar-refractivity contribution in [1.29, 1.82) is 0 Å². The number of pyridine rings is 1. The minimum Gasteiger partial charge on any atom is -0.481 e. The number of Topliss-reactive ketones (excluding diaryl/α,β-unsaturated/α-hetero) is 1. The number of methoxy groups -OCH3 is 1. The first-order valence-electron chi connectivity index (χ1n) is 5.44. The van der Waals surface area contributed by atoms with E-state index in [0.717, 1.165) is 0 Å². The number of carbonyl (C=O) groups excluding carboxylic acids is 1. The van der Waals surface area contributed by atoms with E-state index in [2.05, 4.69) is 4.98 Å². The predicted molar refractivity (Wildman–Crippen MR) is 63.1 cm³/mol. The van der Waals surface area contributed by atoms with E-state index in [9.17, 15) is 18.0 Å². The highest BCUT2D eigenvalue weighted by molar-refractivity contribution is 5.88. The summed E-state index contributed by atoms with van der Waals surface area (Å²) in [4.78, 5) is 15.1. The molecule has 0 fully saturated rings. The van der Waals surface area contributed by atoms with Gasteiger partial charge in [-0.15, -0.1) is 0 Å². The molecule has 1 aromatic heterocycles. The lowest BCUT2D eigenvalue weighted by Crippen LogP contribution is -2.24. The zero-order valence-electron chi connectivity index (χ0n) is 9.99. The van der Waals surface area contributed by atoms with Crippen LogP contribution < -0.4 is 4.74 Å². The third-order valence-corrected chi connectivity index (χ3v) is 2.62. The van der Waals surface area contributed by atoms with Crippen molar-refractivity contribution in [2.24, 2.45) is 0 Å². The van der Waals surface area contributed by atoms with Crippen LogP contribution in [0.4, 0.5) is 13.2 Å². The minimum atomic E-state index is -4.85. The Balaban J connectivity index is 2.44. The fourth-order valence-corrected chi connectivity index (χ4v) is 1.72. The van der Waals surface area contributed by atoms with Gasteiger partial charge in [0.15, 0.2) is 0 Å². The van der Waals surface area contributed by atoms with Crippen molar-refractivity contribution in [2.75, 3.05) is 7.11 Å². The Kier molecular flexibility index (Phi) is 3.42. The zero-order chi connectivity index (χ0) is 14.0. The minimum absolute atomic E-state index is 0.0382. The summed E-state index contributed by atoms with van der Waals surface area (Å²) in [5.74, 6) is -1.78. The van der Waals surface area contributed by atoms with E-state index in [4.69, 9.17) is 4.74 Å². The molecule has 0 saturated heterocycles. The molecular formula is C13H10F3NO2. The molecule has 0 unspecified atom stereocenters. The molecule has 1 aromatic carbocycles. The third kappa shape index (κ3) is 2.83. The van der Waals surface area contributed by atoms with Gasteiger partial charge in [0.05, 0.1) is 12.6 Å². The predicted octanol–water partition coefficient (Wildman–Crippen LogP) is 2.92. The molecule has 6 heteroatoms. The van der Waals surface area contributed by atoms with E-state index in [0.29, 0.717) is 10.9 Å². The van der Waals surface area contributed by atoms with Crippen LogP contribution in [0.25, 0.3) is 10.9 Å². The molecule has 1 heterocycles. The molecule has 19 heavy (non-hydrogen) atoms. The van der Waals surface area contributed by atoms with Crippen LogP contribution in [0.5, 0.6) is 5.88 Å². The number of nitrogens with zero attached hydrogens (tertiary/aromatic N) is 1. The molecule has 0 aliphatic heterocycles.